The molecule has 0 radical (unpaired) electrons. The molecular weight excluding hydrogens is 500 g/mol. The third kappa shape index (κ3) is 4.02. The molecule has 0 aromatic heterocycles. The number of amides is 1. The van der Waals surface area contributed by atoms with Gasteiger partial charge in [-0.3, -0.25) is 14.5 Å². The highest BCUT2D eigenvalue weighted by atomic mass is 79.9. The maximum absolute atomic E-state index is 13.2. The van der Waals surface area contributed by atoms with E-state index in [0.717, 1.165) is 4.47 Å². The number of hydrogen-bond acceptors (Lipinski definition) is 6. The lowest BCUT2D eigenvalue weighted by Crippen LogP contribution is -2.29. The third-order valence-electron chi connectivity index (χ3n) is 5.56. The number of aliphatic hydroxyl groups excluding tert-OH is 1. The quantitative estimate of drug-likeness (QED) is 0.291. The number of carbonyl (C=O) groups excluding carboxylic acids is 2. The van der Waals surface area contributed by atoms with Gasteiger partial charge in [0.15, 0.2) is 11.5 Å². The van der Waals surface area contributed by atoms with Gasteiger partial charge in [-0.2, -0.15) is 5.26 Å². The number of halogens is 1. The molecule has 0 aliphatic carbocycles. The average molecular weight is 519 g/mol. The molecule has 170 valence electrons. The first-order valence-corrected chi connectivity index (χ1v) is 11.0. The van der Waals surface area contributed by atoms with Crippen LogP contribution >= 0.6 is 15.9 Å². The summed E-state index contributed by atoms with van der Waals surface area (Å²) in [6, 6.07) is 19.2. The zero-order chi connectivity index (χ0) is 24.4. The number of Topliss-reactive ketones (excluding diaryl/α,β-unsaturated/α-hetero) is 1. The van der Waals surface area contributed by atoms with Crippen molar-refractivity contribution in [2.75, 3.05) is 19.1 Å². The summed E-state index contributed by atoms with van der Waals surface area (Å²) in [6.45, 7) is 0. The average Bonchev–Trinajstić information content (AvgIpc) is 3.13. The fourth-order valence-corrected chi connectivity index (χ4v) is 4.16. The van der Waals surface area contributed by atoms with Gasteiger partial charge in [-0.1, -0.05) is 34.1 Å². The summed E-state index contributed by atoms with van der Waals surface area (Å²) >= 11 is 3.35. The Morgan fingerprint density at radius 2 is 1.62 bits per heavy atom. The first-order chi connectivity index (χ1) is 16.4. The van der Waals surface area contributed by atoms with Crippen molar-refractivity contribution in [3.63, 3.8) is 0 Å². The molecule has 1 amide bonds. The Hall–Kier alpha value is -4.09. The Morgan fingerprint density at radius 3 is 2.21 bits per heavy atom. The van der Waals surface area contributed by atoms with Crippen molar-refractivity contribution in [1.82, 2.24) is 0 Å². The topological polar surface area (TPSA) is 99.9 Å². The molecule has 3 aromatic carbocycles. The van der Waals surface area contributed by atoms with Gasteiger partial charge >= 0.3 is 0 Å². The van der Waals surface area contributed by atoms with Crippen LogP contribution in [0.4, 0.5) is 5.69 Å². The van der Waals surface area contributed by atoms with E-state index in [2.05, 4.69) is 15.9 Å². The zero-order valence-corrected chi connectivity index (χ0v) is 19.9. The van der Waals surface area contributed by atoms with Crippen LogP contribution in [0.25, 0.3) is 5.76 Å². The van der Waals surface area contributed by atoms with Gasteiger partial charge in [-0.05, 0) is 54.1 Å². The molecule has 0 saturated carbocycles. The van der Waals surface area contributed by atoms with Crippen molar-refractivity contribution in [1.29, 1.82) is 5.26 Å². The van der Waals surface area contributed by atoms with Crippen LogP contribution in [0, 0.1) is 11.3 Å². The molecule has 1 aliphatic heterocycles. The van der Waals surface area contributed by atoms with Crippen LogP contribution in [0.3, 0.4) is 0 Å². The van der Waals surface area contributed by atoms with Crippen LogP contribution in [0.1, 0.15) is 22.7 Å². The summed E-state index contributed by atoms with van der Waals surface area (Å²) in [7, 11) is 2.99. The molecule has 1 atom stereocenters. The number of benzene rings is 3. The van der Waals surface area contributed by atoms with Crippen molar-refractivity contribution in [3.8, 4) is 17.6 Å². The molecule has 34 heavy (non-hydrogen) atoms. The van der Waals surface area contributed by atoms with Crippen LogP contribution in [0.5, 0.6) is 11.5 Å². The summed E-state index contributed by atoms with van der Waals surface area (Å²) in [4.78, 5) is 27.8. The highest BCUT2D eigenvalue weighted by molar-refractivity contribution is 9.10. The van der Waals surface area contributed by atoms with Gasteiger partial charge in [0.25, 0.3) is 11.7 Å². The minimum absolute atomic E-state index is 0.0519. The van der Waals surface area contributed by atoms with Crippen molar-refractivity contribution < 1.29 is 24.2 Å². The van der Waals surface area contributed by atoms with Crippen molar-refractivity contribution >= 4 is 39.1 Å². The number of ketones is 1. The lowest BCUT2D eigenvalue weighted by atomic mass is 9.94. The lowest BCUT2D eigenvalue weighted by molar-refractivity contribution is -0.132. The molecule has 1 saturated heterocycles. The molecular formula is C26H19BrN2O5. The molecule has 0 bridgehead atoms. The molecule has 1 unspecified atom stereocenters. The number of nitrogens with zero attached hydrogens (tertiary/aromatic N) is 2. The summed E-state index contributed by atoms with van der Waals surface area (Å²) in [5, 5.41) is 20.3. The minimum Gasteiger partial charge on any atom is -0.507 e. The Kier molecular flexibility index (Phi) is 6.39. The van der Waals surface area contributed by atoms with E-state index in [-0.39, 0.29) is 11.3 Å². The monoisotopic (exact) mass is 518 g/mol. The van der Waals surface area contributed by atoms with Crippen LogP contribution < -0.4 is 14.4 Å². The normalized spacial score (nSPS) is 16.9. The summed E-state index contributed by atoms with van der Waals surface area (Å²) in [6.07, 6.45) is 0. The minimum atomic E-state index is -0.934. The molecule has 0 spiro atoms. The van der Waals surface area contributed by atoms with Crippen LogP contribution in [0.15, 0.2) is 76.8 Å². The van der Waals surface area contributed by atoms with E-state index in [0.29, 0.717) is 33.9 Å². The van der Waals surface area contributed by atoms with Gasteiger partial charge in [-0.15, -0.1) is 0 Å². The maximum atomic E-state index is 13.2. The Balaban J connectivity index is 1.95. The van der Waals surface area contributed by atoms with E-state index >= 15 is 0 Å². The van der Waals surface area contributed by atoms with Gasteiger partial charge in [0.05, 0.1) is 37.5 Å². The molecule has 3 aromatic rings. The summed E-state index contributed by atoms with van der Waals surface area (Å²) < 4.78 is 11.5. The highest BCUT2D eigenvalue weighted by Crippen LogP contribution is 2.44. The molecule has 7 nitrogen and oxygen atoms in total. The second-order valence-electron chi connectivity index (χ2n) is 7.45. The highest BCUT2D eigenvalue weighted by Gasteiger charge is 2.47. The smallest absolute Gasteiger partial charge is 0.300 e. The number of aliphatic hydroxyl groups is 1. The van der Waals surface area contributed by atoms with E-state index in [9.17, 15) is 14.7 Å². The molecule has 1 fully saturated rings. The molecule has 8 heteroatoms. The van der Waals surface area contributed by atoms with Gasteiger partial charge in [0, 0.05) is 15.7 Å². The summed E-state index contributed by atoms with van der Waals surface area (Å²) in [5.41, 5.74) is 1.71. The van der Waals surface area contributed by atoms with Crippen LogP contribution in [-0.2, 0) is 9.59 Å². The number of rotatable bonds is 5. The van der Waals surface area contributed by atoms with E-state index in [1.165, 1.54) is 19.1 Å². The van der Waals surface area contributed by atoms with Crippen molar-refractivity contribution in [2.24, 2.45) is 0 Å². The van der Waals surface area contributed by atoms with Crippen LogP contribution in [-0.4, -0.2) is 31.0 Å². The third-order valence-corrected chi connectivity index (χ3v) is 6.09. The van der Waals surface area contributed by atoms with Crippen LogP contribution in [0.2, 0.25) is 0 Å². The van der Waals surface area contributed by atoms with E-state index in [1.807, 2.05) is 6.07 Å². The molecule has 1 aliphatic rings. The number of hydrogen-bond donors (Lipinski definition) is 1. The number of nitriles is 1. The van der Waals surface area contributed by atoms with E-state index < -0.39 is 17.7 Å². The molecule has 1 N–H and O–H groups in total. The number of anilines is 1. The first kappa shape index (κ1) is 23.1. The first-order valence-electron chi connectivity index (χ1n) is 10.2. The molecule has 4 rings (SSSR count). The van der Waals surface area contributed by atoms with Crippen molar-refractivity contribution in [2.45, 2.75) is 6.04 Å². The van der Waals surface area contributed by atoms with Gasteiger partial charge in [0.1, 0.15) is 5.76 Å². The second kappa shape index (κ2) is 9.41. The van der Waals surface area contributed by atoms with Crippen molar-refractivity contribution in [3.05, 3.63) is 93.5 Å². The maximum Gasteiger partial charge on any atom is 0.300 e. The van der Waals surface area contributed by atoms with Gasteiger partial charge in [-0.25, -0.2) is 0 Å². The van der Waals surface area contributed by atoms with E-state index in [1.54, 1.807) is 66.7 Å². The Morgan fingerprint density at radius 1 is 0.971 bits per heavy atom. The predicted molar refractivity (Wildman–Crippen MR) is 130 cm³/mol. The fraction of sp³-hybridized carbons (Fsp3) is 0.115. The summed E-state index contributed by atoms with van der Waals surface area (Å²) in [5.74, 6) is -1.00. The number of methoxy groups -OCH3 is 2. The standard InChI is InChI=1S/C26H19BrN2O5/c1-33-20-12-7-17(13-21(20)34-2)23-22(24(30)16-5-8-18(27)9-6-16)25(31)26(32)29(23)19-10-3-15(14-28)4-11-19/h3-13,23,30H,1-2H3/b24-22-. The lowest BCUT2D eigenvalue weighted by Gasteiger charge is -2.26. The fourth-order valence-electron chi connectivity index (χ4n) is 3.90. The van der Waals surface area contributed by atoms with Gasteiger partial charge in [0.2, 0.25) is 0 Å². The Bertz CT molecular complexity index is 1340. The number of ether oxygens (including phenoxy) is 2. The Labute approximate surface area is 204 Å². The zero-order valence-electron chi connectivity index (χ0n) is 18.3. The molecule has 1 heterocycles. The second-order valence-corrected chi connectivity index (χ2v) is 8.36. The predicted octanol–water partition coefficient (Wildman–Crippen LogP) is 4.96. The van der Waals surface area contributed by atoms with E-state index in [4.69, 9.17) is 14.7 Å². The van der Waals surface area contributed by atoms with Gasteiger partial charge < -0.3 is 14.6 Å². The number of carbonyl (C=O) groups is 2. The largest absolute Gasteiger partial charge is 0.507 e. The SMILES string of the molecule is COc1ccc(C2/C(=C(/O)c3ccc(Br)cc3)C(=O)C(=O)N2c2ccc(C#N)cc2)cc1OC.